The van der Waals surface area contributed by atoms with E-state index in [0.717, 1.165) is 0 Å². The first-order chi connectivity index (χ1) is 10.8. The molecule has 0 saturated heterocycles. The zero-order valence-corrected chi connectivity index (χ0v) is 13.3. The summed E-state index contributed by atoms with van der Waals surface area (Å²) >= 11 is 0. The van der Waals surface area contributed by atoms with Gasteiger partial charge in [-0.25, -0.2) is 35.1 Å². The van der Waals surface area contributed by atoms with Crippen LogP contribution >= 0.6 is 0 Å². The van der Waals surface area contributed by atoms with Crippen LogP contribution in [0.3, 0.4) is 0 Å². The van der Waals surface area contributed by atoms with Gasteiger partial charge >= 0.3 is 12.4 Å². The molecule has 0 fully saturated rings. The average molecular weight is 422 g/mol. The summed E-state index contributed by atoms with van der Waals surface area (Å²) < 4.78 is 190. The molecule has 0 aromatic carbocycles. The van der Waals surface area contributed by atoms with Crippen molar-refractivity contribution in [3.05, 3.63) is 0 Å². The van der Waals surface area contributed by atoms with Gasteiger partial charge in [-0.1, -0.05) is 0 Å². The number of halogens is 14. The minimum Gasteiger partial charge on any atom is -0.206 e. The van der Waals surface area contributed by atoms with Gasteiger partial charge in [0.05, 0.1) is 0 Å². The highest BCUT2D eigenvalue weighted by Gasteiger charge is 2.99. The van der Waals surface area contributed by atoms with Crippen molar-refractivity contribution < 1.29 is 61.5 Å². The fourth-order valence-corrected chi connectivity index (χ4v) is 3.51. The van der Waals surface area contributed by atoms with E-state index in [1.54, 1.807) is 0 Å². The fraction of sp³-hybridized carbons (Fsp3) is 1.00. The molecule has 0 bridgehead atoms. The molecular weight excluding hydrogens is 410 g/mol. The summed E-state index contributed by atoms with van der Waals surface area (Å²) in [4.78, 5) is 0. The van der Waals surface area contributed by atoms with Gasteiger partial charge in [-0.3, -0.25) is 0 Å². The van der Waals surface area contributed by atoms with Crippen LogP contribution in [-0.2, 0) is 0 Å². The molecule has 0 radical (unpaired) electrons. The molecule has 0 aromatic heterocycles. The van der Waals surface area contributed by atoms with Gasteiger partial charge in [0.2, 0.25) is 10.8 Å². The normalized spacial score (nSPS) is 16.8. The average Bonchev–Trinajstić information content (AvgIpc) is 2.12. The summed E-state index contributed by atoms with van der Waals surface area (Å²) in [6.07, 6.45) is -15.1. The third-order valence-electron chi connectivity index (χ3n) is 4.05. The summed E-state index contributed by atoms with van der Waals surface area (Å²) in [6.45, 7) is -4.79. The van der Waals surface area contributed by atoms with E-state index in [4.69, 9.17) is 0 Å². The van der Waals surface area contributed by atoms with Gasteiger partial charge in [0.15, 0.2) is 0 Å². The fourth-order valence-electron chi connectivity index (χ4n) is 3.51. The van der Waals surface area contributed by atoms with Crippen molar-refractivity contribution in [3.63, 3.8) is 0 Å². The summed E-state index contributed by atoms with van der Waals surface area (Å²) in [5.41, 5.74) is -14.4. The molecule has 0 saturated carbocycles. The summed E-state index contributed by atoms with van der Waals surface area (Å²) in [5.74, 6) is -25.7. The highest BCUT2D eigenvalue weighted by atomic mass is 19.4. The molecule has 0 aliphatic heterocycles. The van der Waals surface area contributed by atoms with Gasteiger partial charge in [0, 0.05) is 27.7 Å². The van der Waals surface area contributed by atoms with E-state index in [0.29, 0.717) is 0 Å². The predicted octanol–water partition coefficient (Wildman–Crippen LogP) is 6.70. The molecule has 0 amide bonds. The molecule has 158 valence electrons. The van der Waals surface area contributed by atoms with Gasteiger partial charge in [-0.2, -0.15) is 26.3 Å². The summed E-state index contributed by atoms with van der Waals surface area (Å²) in [5, 5.41) is 0. The van der Waals surface area contributed by atoms with Crippen molar-refractivity contribution in [1.82, 2.24) is 0 Å². The second kappa shape index (κ2) is 5.76. The zero-order chi connectivity index (χ0) is 22.0. The van der Waals surface area contributed by atoms with E-state index in [-0.39, 0.29) is 0 Å². The summed E-state index contributed by atoms with van der Waals surface area (Å²) in [6, 6.07) is 0. The van der Waals surface area contributed by atoms with Crippen molar-refractivity contribution in [2.45, 2.75) is 63.7 Å². The number of rotatable bonds is 5. The maximum absolute atomic E-state index is 13.8. The van der Waals surface area contributed by atoms with Crippen molar-refractivity contribution in [2.24, 2.45) is 10.8 Å². The molecule has 0 atom stereocenters. The van der Waals surface area contributed by atoms with E-state index in [1.807, 2.05) is 0 Å². The first-order valence-corrected chi connectivity index (χ1v) is 6.40. The standard InChI is InChI=1S/C12H12F14/c1-5(13,14)9(6(2,15)16,11(21,22)23)10(7(3,17)18,8(4,19)20)12(24,25)26/h1-4H3. The van der Waals surface area contributed by atoms with E-state index in [1.165, 1.54) is 0 Å². The number of hydrogen-bond acceptors (Lipinski definition) is 0. The lowest BCUT2D eigenvalue weighted by Gasteiger charge is -2.58. The molecule has 26 heavy (non-hydrogen) atoms. The second-order valence-corrected chi connectivity index (χ2v) is 6.05. The van der Waals surface area contributed by atoms with Crippen molar-refractivity contribution in [2.75, 3.05) is 0 Å². The lowest BCUT2D eigenvalue weighted by molar-refractivity contribution is -0.501. The molecule has 0 aromatic rings. The van der Waals surface area contributed by atoms with Gasteiger partial charge < -0.3 is 0 Å². The van der Waals surface area contributed by atoms with Crippen LogP contribution in [0.2, 0.25) is 0 Å². The van der Waals surface area contributed by atoms with Crippen LogP contribution in [0.5, 0.6) is 0 Å². The third kappa shape index (κ3) is 2.90. The monoisotopic (exact) mass is 422 g/mol. The van der Waals surface area contributed by atoms with Crippen molar-refractivity contribution >= 4 is 0 Å². The Morgan fingerprint density at radius 2 is 0.423 bits per heavy atom. The summed E-state index contributed by atoms with van der Waals surface area (Å²) in [7, 11) is 0. The van der Waals surface area contributed by atoms with E-state index >= 15 is 0 Å². The number of alkyl halides is 14. The van der Waals surface area contributed by atoms with E-state index < -0.39 is 74.6 Å². The molecule has 0 nitrogen and oxygen atoms in total. The van der Waals surface area contributed by atoms with Crippen LogP contribution in [0.25, 0.3) is 0 Å². The minimum atomic E-state index is -7.54. The molecule has 0 spiro atoms. The Bertz CT molecular complexity index is 381. The van der Waals surface area contributed by atoms with Gasteiger partial charge in [0.25, 0.3) is 23.7 Å². The number of hydrogen-bond donors (Lipinski definition) is 0. The Kier molecular flexibility index (Phi) is 5.54. The maximum Gasteiger partial charge on any atom is 0.407 e. The first kappa shape index (κ1) is 25.0. The van der Waals surface area contributed by atoms with Gasteiger partial charge in [-0.15, -0.1) is 0 Å². The van der Waals surface area contributed by atoms with Crippen LogP contribution in [0.1, 0.15) is 27.7 Å². The molecule has 0 aliphatic carbocycles. The van der Waals surface area contributed by atoms with E-state index in [9.17, 15) is 61.5 Å². The van der Waals surface area contributed by atoms with Gasteiger partial charge in [0.1, 0.15) is 0 Å². The molecular formula is C12H12F14. The van der Waals surface area contributed by atoms with Crippen molar-refractivity contribution in [1.29, 1.82) is 0 Å². The van der Waals surface area contributed by atoms with Crippen LogP contribution in [0.15, 0.2) is 0 Å². The molecule has 0 N–H and O–H groups in total. The van der Waals surface area contributed by atoms with Crippen LogP contribution < -0.4 is 0 Å². The molecule has 14 heteroatoms. The van der Waals surface area contributed by atoms with E-state index in [2.05, 4.69) is 0 Å². The topological polar surface area (TPSA) is 0 Å². The largest absolute Gasteiger partial charge is 0.407 e. The third-order valence-corrected chi connectivity index (χ3v) is 4.05. The zero-order valence-electron chi connectivity index (χ0n) is 13.3. The lowest BCUT2D eigenvalue weighted by Crippen LogP contribution is -2.81. The van der Waals surface area contributed by atoms with Crippen LogP contribution in [-0.4, -0.2) is 36.0 Å². The van der Waals surface area contributed by atoms with Crippen molar-refractivity contribution in [3.8, 4) is 0 Å². The Morgan fingerprint density at radius 3 is 0.462 bits per heavy atom. The second-order valence-electron chi connectivity index (χ2n) is 6.05. The lowest BCUT2D eigenvalue weighted by atomic mass is 9.50. The Balaban J connectivity index is 8.17. The maximum atomic E-state index is 13.8. The molecule has 0 rings (SSSR count). The highest BCUT2D eigenvalue weighted by molar-refractivity contribution is 5.23. The Labute approximate surface area is 137 Å². The molecule has 0 heterocycles. The van der Waals surface area contributed by atoms with Gasteiger partial charge in [-0.05, 0) is 0 Å². The minimum absolute atomic E-state index is 1.20. The molecule has 0 unspecified atom stereocenters. The smallest absolute Gasteiger partial charge is 0.206 e. The highest BCUT2D eigenvalue weighted by Crippen LogP contribution is 2.77. The Morgan fingerprint density at radius 1 is 0.308 bits per heavy atom. The first-order valence-electron chi connectivity index (χ1n) is 6.40. The Hall–Kier alpha value is -0.980. The SMILES string of the molecule is CC(F)(F)C(C(C)(F)F)(C(F)(F)F)C(C(C)(F)F)(C(C)(F)F)C(F)(F)F. The van der Waals surface area contributed by atoms with Crippen LogP contribution in [0.4, 0.5) is 61.5 Å². The predicted molar refractivity (Wildman–Crippen MR) is 59.5 cm³/mol. The quantitative estimate of drug-likeness (QED) is 0.433. The molecule has 0 aliphatic rings. The van der Waals surface area contributed by atoms with Crippen LogP contribution in [0, 0.1) is 10.8 Å².